The van der Waals surface area contributed by atoms with E-state index in [-0.39, 0.29) is 6.10 Å². The molecule has 0 bridgehead atoms. The minimum Gasteiger partial charge on any atom is -0.491 e. The molecule has 0 atom stereocenters. The lowest BCUT2D eigenvalue weighted by atomic mass is 10.2. The van der Waals surface area contributed by atoms with Crippen molar-refractivity contribution >= 4 is 10.9 Å². The van der Waals surface area contributed by atoms with Crippen molar-refractivity contribution in [1.29, 1.82) is 0 Å². The molecule has 0 unspecified atom stereocenters. The van der Waals surface area contributed by atoms with Gasteiger partial charge in [0.15, 0.2) is 0 Å². The van der Waals surface area contributed by atoms with E-state index in [0.717, 1.165) is 23.1 Å². The number of nitrogens with one attached hydrogen (secondary N) is 1. The molecule has 1 N–H and O–H groups in total. The largest absolute Gasteiger partial charge is 0.491 e. The fraction of sp³-hybridized carbons (Fsp3) is 0.417. The van der Waals surface area contributed by atoms with Crippen LogP contribution >= 0.6 is 0 Å². The smallest absolute Gasteiger partial charge is 0.120 e. The van der Waals surface area contributed by atoms with Gasteiger partial charge in [-0.15, -0.1) is 0 Å². The number of fused-ring (bicyclic) bond motifs is 1. The average molecular weight is 204 g/mol. The Hall–Kier alpha value is -1.51. The van der Waals surface area contributed by atoms with E-state index in [2.05, 4.69) is 23.2 Å². The maximum Gasteiger partial charge on any atom is 0.120 e. The first-order chi connectivity index (χ1) is 7.20. The van der Waals surface area contributed by atoms with E-state index in [0.29, 0.717) is 0 Å². The molecular weight excluding hydrogens is 188 g/mol. The molecule has 1 aromatic carbocycles. The third-order valence-electron chi connectivity index (χ3n) is 2.33. The van der Waals surface area contributed by atoms with Crippen molar-refractivity contribution in [3.8, 4) is 5.75 Å². The zero-order chi connectivity index (χ0) is 10.8. The van der Waals surface area contributed by atoms with Crippen molar-refractivity contribution in [2.75, 3.05) is 0 Å². The van der Waals surface area contributed by atoms with Crippen LogP contribution in [0.25, 0.3) is 10.9 Å². The lowest BCUT2D eigenvalue weighted by Gasteiger charge is -2.09. The van der Waals surface area contributed by atoms with E-state index in [1.807, 2.05) is 26.0 Å². The van der Waals surface area contributed by atoms with Crippen LogP contribution in [-0.4, -0.2) is 16.3 Å². The van der Waals surface area contributed by atoms with Gasteiger partial charge in [-0.05, 0) is 38.5 Å². The van der Waals surface area contributed by atoms with E-state index in [1.54, 1.807) is 0 Å². The quantitative estimate of drug-likeness (QED) is 0.834. The summed E-state index contributed by atoms with van der Waals surface area (Å²) in [5.41, 5.74) is 2.17. The number of benzene rings is 1. The van der Waals surface area contributed by atoms with Crippen molar-refractivity contribution in [3.05, 3.63) is 23.9 Å². The monoisotopic (exact) mass is 204 g/mol. The SMILES string of the molecule is CCc1[nH]nc2ccc(OC(C)C)cc12. The van der Waals surface area contributed by atoms with Gasteiger partial charge in [0.2, 0.25) is 0 Å². The Kier molecular flexibility index (Phi) is 2.62. The van der Waals surface area contributed by atoms with Crippen molar-refractivity contribution in [2.45, 2.75) is 33.3 Å². The van der Waals surface area contributed by atoms with E-state index >= 15 is 0 Å². The summed E-state index contributed by atoms with van der Waals surface area (Å²) >= 11 is 0. The van der Waals surface area contributed by atoms with Crippen LogP contribution in [0.2, 0.25) is 0 Å². The number of aromatic nitrogens is 2. The van der Waals surface area contributed by atoms with E-state index < -0.39 is 0 Å². The van der Waals surface area contributed by atoms with Crippen molar-refractivity contribution in [2.24, 2.45) is 0 Å². The molecule has 15 heavy (non-hydrogen) atoms. The second kappa shape index (κ2) is 3.93. The highest BCUT2D eigenvalue weighted by atomic mass is 16.5. The van der Waals surface area contributed by atoms with Crippen molar-refractivity contribution in [3.63, 3.8) is 0 Å². The maximum absolute atomic E-state index is 5.65. The lowest BCUT2D eigenvalue weighted by molar-refractivity contribution is 0.243. The number of nitrogens with zero attached hydrogens (tertiary/aromatic N) is 1. The molecule has 0 aliphatic carbocycles. The predicted molar refractivity (Wildman–Crippen MR) is 61.2 cm³/mol. The third kappa shape index (κ3) is 1.96. The van der Waals surface area contributed by atoms with Crippen LogP contribution in [0.15, 0.2) is 18.2 Å². The molecule has 0 aliphatic rings. The van der Waals surface area contributed by atoms with E-state index in [4.69, 9.17) is 4.74 Å². The predicted octanol–water partition coefficient (Wildman–Crippen LogP) is 2.91. The summed E-state index contributed by atoms with van der Waals surface area (Å²) < 4.78 is 5.65. The summed E-state index contributed by atoms with van der Waals surface area (Å²) in [6, 6.07) is 6.00. The maximum atomic E-state index is 5.65. The Morgan fingerprint density at radius 2 is 2.20 bits per heavy atom. The minimum absolute atomic E-state index is 0.208. The molecule has 0 amide bonds. The minimum atomic E-state index is 0.208. The number of ether oxygens (including phenoxy) is 1. The number of hydrogen-bond acceptors (Lipinski definition) is 2. The van der Waals surface area contributed by atoms with Gasteiger partial charge in [-0.1, -0.05) is 6.92 Å². The molecule has 0 aliphatic heterocycles. The van der Waals surface area contributed by atoms with E-state index in [9.17, 15) is 0 Å². The highest BCUT2D eigenvalue weighted by Gasteiger charge is 2.05. The molecule has 0 spiro atoms. The van der Waals surface area contributed by atoms with Crippen LogP contribution in [0.5, 0.6) is 5.75 Å². The van der Waals surface area contributed by atoms with Gasteiger partial charge in [0.05, 0.1) is 11.6 Å². The Labute approximate surface area is 89.4 Å². The van der Waals surface area contributed by atoms with Gasteiger partial charge in [-0.2, -0.15) is 5.10 Å². The van der Waals surface area contributed by atoms with Crippen LogP contribution in [0.3, 0.4) is 0 Å². The van der Waals surface area contributed by atoms with Crippen LogP contribution in [-0.2, 0) is 6.42 Å². The van der Waals surface area contributed by atoms with Gasteiger partial charge in [-0.3, -0.25) is 5.10 Å². The van der Waals surface area contributed by atoms with Crippen LogP contribution < -0.4 is 4.74 Å². The highest BCUT2D eigenvalue weighted by molar-refractivity contribution is 5.82. The zero-order valence-corrected chi connectivity index (χ0v) is 9.37. The molecule has 1 heterocycles. The Balaban J connectivity index is 2.43. The van der Waals surface area contributed by atoms with Gasteiger partial charge in [0.25, 0.3) is 0 Å². The standard InChI is InChI=1S/C12H16N2O/c1-4-11-10-7-9(15-8(2)3)5-6-12(10)14-13-11/h5-8H,4H2,1-3H3,(H,13,14). The summed E-state index contributed by atoms with van der Waals surface area (Å²) in [6.45, 7) is 6.17. The summed E-state index contributed by atoms with van der Waals surface area (Å²) in [5.74, 6) is 0.911. The second-order valence-electron chi connectivity index (χ2n) is 3.90. The lowest BCUT2D eigenvalue weighted by Crippen LogP contribution is -2.05. The normalized spacial score (nSPS) is 11.2. The second-order valence-corrected chi connectivity index (χ2v) is 3.90. The molecule has 0 radical (unpaired) electrons. The molecule has 0 saturated carbocycles. The van der Waals surface area contributed by atoms with Gasteiger partial charge >= 0.3 is 0 Å². The molecule has 3 heteroatoms. The Bertz CT molecular complexity index is 460. The first-order valence-corrected chi connectivity index (χ1v) is 5.34. The number of rotatable bonds is 3. The fourth-order valence-electron chi connectivity index (χ4n) is 1.66. The molecule has 2 rings (SSSR count). The van der Waals surface area contributed by atoms with Crippen LogP contribution in [0, 0.1) is 0 Å². The molecule has 2 aromatic rings. The van der Waals surface area contributed by atoms with Crippen molar-refractivity contribution in [1.82, 2.24) is 10.2 Å². The highest BCUT2D eigenvalue weighted by Crippen LogP contribution is 2.23. The number of hydrogen-bond donors (Lipinski definition) is 1. The third-order valence-corrected chi connectivity index (χ3v) is 2.33. The topological polar surface area (TPSA) is 37.9 Å². The van der Waals surface area contributed by atoms with Gasteiger partial charge in [0.1, 0.15) is 5.75 Å². The average Bonchev–Trinajstić information content (AvgIpc) is 2.59. The van der Waals surface area contributed by atoms with Crippen LogP contribution in [0.1, 0.15) is 26.5 Å². The van der Waals surface area contributed by atoms with Crippen LogP contribution in [0.4, 0.5) is 0 Å². The zero-order valence-electron chi connectivity index (χ0n) is 9.37. The first-order valence-electron chi connectivity index (χ1n) is 5.34. The Morgan fingerprint density at radius 3 is 2.87 bits per heavy atom. The number of aryl methyl sites for hydroxylation is 1. The molecule has 1 aromatic heterocycles. The summed E-state index contributed by atoms with van der Waals surface area (Å²) in [6.07, 6.45) is 1.17. The summed E-state index contributed by atoms with van der Waals surface area (Å²) in [7, 11) is 0. The Morgan fingerprint density at radius 1 is 1.40 bits per heavy atom. The molecule has 3 nitrogen and oxygen atoms in total. The molecule has 0 fully saturated rings. The first kappa shape index (κ1) is 10.0. The van der Waals surface area contributed by atoms with Gasteiger partial charge in [0, 0.05) is 11.1 Å². The van der Waals surface area contributed by atoms with E-state index in [1.165, 1.54) is 5.69 Å². The van der Waals surface area contributed by atoms with Crippen molar-refractivity contribution < 1.29 is 4.74 Å². The number of aromatic amines is 1. The molecular formula is C12H16N2O. The summed E-state index contributed by atoms with van der Waals surface area (Å²) in [4.78, 5) is 0. The van der Waals surface area contributed by atoms with Gasteiger partial charge in [-0.25, -0.2) is 0 Å². The van der Waals surface area contributed by atoms with Gasteiger partial charge < -0.3 is 4.74 Å². The number of H-pyrrole nitrogens is 1. The summed E-state index contributed by atoms with van der Waals surface area (Å²) in [5, 5.41) is 8.43. The fourth-order valence-corrected chi connectivity index (χ4v) is 1.66. The molecule has 80 valence electrons. The molecule has 0 saturated heterocycles.